The average molecular weight is 317 g/mol. The van der Waals surface area contributed by atoms with Gasteiger partial charge in [-0.2, -0.15) is 0 Å². The van der Waals surface area contributed by atoms with Crippen LogP contribution < -0.4 is 10.9 Å². The van der Waals surface area contributed by atoms with Gasteiger partial charge in [0.25, 0.3) is 5.56 Å². The third-order valence-electron chi connectivity index (χ3n) is 3.76. The van der Waals surface area contributed by atoms with Gasteiger partial charge in [0.2, 0.25) is 5.91 Å². The molecule has 1 atom stereocenters. The first kappa shape index (κ1) is 15.0. The Labute approximate surface area is 133 Å². The molecule has 1 unspecified atom stereocenters. The van der Waals surface area contributed by atoms with Crippen molar-refractivity contribution in [2.45, 2.75) is 32.1 Å². The predicted octanol–water partition coefficient (Wildman–Crippen LogP) is 2.84. The van der Waals surface area contributed by atoms with Gasteiger partial charge in [0.15, 0.2) is 0 Å². The van der Waals surface area contributed by atoms with E-state index in [4.69, 9.17) is 0 Å². The molecule has 1 aromatic carbocycles. The molecule has 22 heavy (non-hydrogen) atoms. The summed E-state index contributed by atoms with van der Waals surface area (Å²) in [5, 5.41) is 5.58. The van der Waals surface area contributed by atoms with Crippen molar-refractivity contribution < 1.29 is 4.79 Å². The highest BCUT2D eigenvalue weighted by atomic mass is 32.2. The fourth-order valence-electron chi connectivity index (χ4n) is 2.64. The molecule has 6 heteroatoms. The van der Waals surface area contributed by atoms with Crippen LogP contribution in [-0.2, 0) is 4.79 Å². The summed E-state index contributed by atoms with van der Waals surface area (Å²) in [5.74, 6) is 0.861. The molecule has 0 spiro atoms. The molecule has 0 saturated heterocycles. The first-order valence-electron chi connectivity index (χ1n) is 7.30. The number of carbonyl (C=O) groups excluding carboxylic acids is 1. The second-order valence-corrected chi connectivity index (χ2v) is 6.91. The maximum atomic E-state index is 12.5. The minimum Gasteiger partial charge on any atom is -0.310 e. The van der Waals surface area contributed by atoms with Crippen LogP contribution in [0.15, 0.2) is 29.1 Å². The number of nitrogens with zero attached hydrogens (tertiary/aromatic N) is 1. The Hall–Kier alpha value is -1.95. The van der Waals surface area contributed by atoms with Crippen LogP contribution in [0.2, 0.25) is 0 Å². The van der Waals surface area contributed by atoms with Crippen molar-refractivity contribution in [3.63, 3.8) is 0 Å². The van der Waals surface area contributed by atoms with E-state index in [0.717, 1.165) is 5.56 Å². The van der Waals surface area contributed by atoms with Gasteiger partial charge in [0, 0.05) is 6.04 Å². The van der Waals surface area contributed by atoms with E-state index in [2.05, 4.69) is 10.4 Å². The smallest absolute Gasteiger partial charge is 0.270 e. The van der Waals surface area contributed by atoms with Crippen LogP contribution >= 0.6 is 11.8 Å². The number of hydrogen-bond acceptors (Lipinski definition) is 3. The summed E-state index contributed by atoms with van der Waals surface area (Å²) in [6.45, 7) is 5.98. The molecule has 2 heterocycles. The van der Waals surface area contributed by atoms with Crippen molar-refractivity contribution in [3.05, 3.63) is 51.3 Å². The molecule has 0 radical (unpaired) electrons. The van der Waals surface area contributed by atoms with Gasteiger partial charge in [0.05, 0.1) is 16.6 Å². The monoisotopic (exact) mass is 317 g/mol. The molecule has 2 aromatic rings. The molecule has 0 fully saturated rings. The number of amides is 1. The molecule has 0 bridgehead atoms. The van der Waals surface area contributed by atoms with E-state index in [1.807, 2.05) is 45.0 Å². The molecule has 3 rings (SSSR count). The number of aromatic amines is 1. The van der Waals surface area contributed by atoms with Gasteiger partial charge < -0.3 is 5.32 Å². The van der Waals surface area contributed by atoms with Crippen molar-refractivity contribution in [2.75, 3.05) is 11.1 Å². The number of H-pyrrole nitrogens is 1. The van der Waals surface area contributed by atoms with Crippen LogP contribution in [-0.4, -0.2) is 21.4 Å². The number of benzene rings is 1. The molecule has 5 nitrogen and oxygen atoms in total. The second-order valence-electron chi connectivity index (χ2n) is 5.82. The molecule has 1 aliphatic rings. The maximum Gasteiger partial charge on any atom is 0.270 e. The van der Waals surface area contributed by atoms with E-state index >= 15 is 0 Å². The molecule has 0 aliphatic carbocycles. The van der Waals surface area contributed by atoms with Gasteiger partial charge >= 0.3 is 0 Å². The van der Waals surface area contributed by atoms with Crippen LogP contribution in [0.5, 0.6) is 0 Å². The van der Waals surface area contributed by atoms with Crippen molar-refractivity contribution in [2.24, 2.45) is 0 Å². The number of carbonyl (C=O) groups is 1. The standard InChI is InChI=1S/C16H19N3O2S/c1-9(2)19-15-13(16(21)18-19)14(22-8-12(20)17-15)11-6-4-10(3)5-7-11/h4-7,9,14H,8H2,1-3H3,(H,17,20)(H,18,21). The second kappa shape index (κ2) is 5.68. The lowest BCUT2D eigenvalue weighted by Crippen LogP contribution is -2.17. The number of anilines is 1. The van der Waals surface area contributed by atoms with E-state index in [1.54, 1.807) is 4.68 Å². The predicted molar refractivity (Wildman–Crippen MR) is 89.5 cm³/mol. The molecule has 2 N–H and O–H groups in total. The molecular weight excluding hydrogens is 298 g/mol. The fourth-order valence-corrected chi connectivity index (χ4v) is 3.76. The summed E-state index contributed by atoms with van der Waals surface area (Å²) in [6.07, 6.45) is 0. The van der Waals surface area contributed by atoms with Crippen LogP contribution in [0, 0.1) is 6.92 Å². The zero-order valence-corrected chi connectivity index (χ0v) is 13.7. The quantitative estimate of drug-likeness (QED) is 0.895. The highest BCUT2D eigenvalue weighted by molar-refractivity contribution is 8.00. The van der Waals surface area contributed by atoms with E-state index in [-0.39, 0.29) is 22.8 Å². The maximum absolute atomic E-state index is 12.5. The molecule has 1 aliphatic heterocycles. The van der Waals surface area contributed by atoms with Crippen LogP contribution in [0.25, 0.3) is 0 Å². The van der Waals surface area contributed by atoms with Crippen molar-refractivity contribution in [1.82, 2.24) is 9.78 Å². The van der Waals surface area contributed by atoms with Gasteiger partial charge in [-0.1, -0.05) is 29.8 Å². The lowest BCUT2D eigenvalue weighted by atomic mass is 10.0. The first-order chi connectivity index (χ1) is 10.5. The third-order valence-corrected chi connectivity index (χ3v) is 5.03. The average Bonchev–Trinajstić information content (AvgIpc) is 2.68. The molecule has 1 aromatic heterocycles. The minimum absolute atomic E-state index is 0.0681. The first-order valence-corrected chi connectivity index (χ1v) is 8.34. The van der Waals surface area contributed by atoms with E-state index < -0.39 is 0 Å². The zero-order chi connectivity index (χ0) is 15.9. The number of hydrogen-bond donors (Lipinski definition) is 2. The summed E-state index contributed by atoms with van der Waals surface area (Å²) in [4.78, 5) is 24.5. The summed E-state index contributed by atoms with van der Waals surface area (Å²) in [5.41, 5.74) is 2.71. The summed E-state index contributed by atoms with van der Waals surface area (Å²) < 4.78 is 1.74. The summed E-state index contributed by atoms with van der Waals surface area (Å²) >= 11 is 1.49. The topological polar surface area (TPSA) is 66.9 Å². The van der Waals surface area contributed by atoms with Crippen LogP contribution in [0.4, 0.5) is 5.82 Å². The molecular formula is C16H19N3O2S. The highest BCUT2D eigenvalue weighted by Crippen LogP contribution is 2.40. The Bertz CT molecular complexity index is 759. The van der Waals surface area contributed by atoms with E-state index in [1.165, 1.54) is 17.3 Å². The fraction of sp³-hybridized carbons (Fsp3) is 0.375. The van der Waals surface area contributed by atoms with Crippen LogP contribution in [0.1, 0.15) is 41.8 Å². The molecule has 116 valence electrons. The lowest BCUT2D eigenvalue weighted by molar-refractivity contribution is -0.113. The zero-order valence-electron chi connectivity index (χ0n) is 12.8. The molecule has 1 amide bonds. The number of rotatable bonds is 2. The Morgan fingerprint density at radius 2 is 1.91 bits per heavy atom. The number of aryl methyl sites for hydroxylation is 1. The minimum atomic E-state index is -0.140. The lowest BCUT2D eigenvalue weighted by Gasteiger charge is -2.15. The third kappa shape index (κ3) is 2.59. The summed E-state index contributed by atoms with van der Waals surface area (Å²) in [7, 11) is 0. The Balaban J connectivity index is 2.17. The van der Waals surface area contributed by atoms with Crippen molar-refractivity contribution in [1.29, 1.82) is 0 Å². The SMILES string of the molecule is Cc1ccc(C2SCC(=O)Nc3c2c(=O)[nH]n3C(C)C)cc1. The Kier molecular flexibility index (Phi) is 3.87. The summed E-state index contributed by atoms with van der Waals surface area (Å²) in [6, 6.07) is 8.18. The number of fused-ring (bicyclic) bond motifs is 1. The van der Waals surface area contributed by atoms with Gasteiger partial charge in [-0.25, -0.2) is 0 Å². The highest BCUT2D eigenvalue weighted by Gasteiger charge is 2.30. The van der Waals surface area contributed by atoms with E-state index in [0.29, 0.717) is 17.1 Å². The normalized spacial score (nSPS) is 18.0. The number of aromatic nitrogens is 2. The van der Waals surface area contributed by atoms with Gasteiger partial charge in [-0.05, 0) is 26.3 Å². The number of nitrogens with one attached hydrogen (secondary N) is 2. The van der Waals surface area contributed by atoms with E-state index in [9.17, 15) is 9.59 Å². The Morgan fingerprint density at radius 3 is 2.55 bits per heavy atom. The van der Waals surface area contributed by atoms with Crippen LogP contribution in [0.3, 0.4) is 0 Å². The van der Waals surface area contributed by atoms with Crippen molar-refractivity contribution in [3.8, 4) is 0 Å². The van der Waals surface area contributed by atoms with Gasteiger partial charge in [-0.3, -0.25) is 19.4 Å². The van der Waals surface area contributed by atoms with Crippen molar-refractivity contribution >= 4 is 23.5 Å². The Morgan fingerprint density at radius 1 is 1.23 bits per heavy atom. The number of thioether (sulfide) groups is 1. The van der Waals surface area contributed by atoms with Gasteiger partial charge in [0.1, 0.15) is 5.82 Å². The van der Waals surface area contributed by atoms with Gasteiger partial charge in [-0.15, -0.1) is 11.8 Å². The largest absolute Gasteiger partial charge is 0.310 e. The molecule has 0 saturated carbocycles.